The number of ether oxygens (including phenoxy) is 5. The SMILES string of the molecule is C=Cc1cc(C(=O)Nc2ccc(C(=N)NC(=O)OC(C)OC(=O)c3ccccc3)cc2)c(-c2ccc(C(O)NCC3CC3)nc2C(=O)OC(C)OC(=O)C(C)C)cc1OC. The predicted octanol–water partition coefficient (Wildman–Crippen LogP) is 6.60. The molecule has 60 heavy (non-hydrogen) atoms. The summed E-state index contributed by atoms with van der Waals surface area (Å²) in [6.07, 6.45) is -1.21. The fraction of sp³-hybridized carbons (Fsp3) is 0.295. The first-order valence-corrected chi connectivity index (χ1v) is 19.1. The van der Waals surface area contributed by atoms with Gasteiger partial charge in [0, 0.05) is 53.9 Å². The Hall–Kier alpha value is -6.91. The minimum absolute atomic E-state index is 0.0734. The van der Waals surface area contributed by atoms with E-state index in [1.807, 2.05) is 0 Å². The number of amidine groups is 1. The smallest absolute Gasteiger partial charge is 0.415 e. The van der Waals surface area contributed by atoms with Gasteiger partial charge >= 0.3 is 24.0 Å². The molecule has 0 spiro atoms. The number of hydrogen-bond donors (Lipinski definition) is 5. The molecule has 0 saturated heterocycles. The molecular formula is C44H47N5O11. The number of aromatic nitrogens is 1. The Morgan fingerprint density at radius 2 is 1.52 bits per heavy atom. The Balaban J connectivity index is 1.37. The van der Waals surface area contributed by atoms with Crippen molar-refractivity contribution in [1.82, 2.24) is 15.6 Å². The van der Waals surface area contributed by atoms with Crippen molar-refractivity contribution in [3.63, 3.8) is 0 Å². The number of aliphatic hydroxyl groups is 1. The van der Waals surface area contributed by atoms with E-state index in [4.69, 9.17) is 29.1 Å². The molecule has 1 saturated carbocycles. The molecule has 1 aliphatic carbocycles. The molecule has 314 valence electrons. The average Bonchev–Trinajstić information content (AvgIpc) is 4.07. The topological polar surface area (TPSA) is 225 Å². The highest BCUT2D eigenvalue weighted by atomic mass is 16.7. The first kappa shape index (κ1) is 44.2. The molecule has 0 aliphatic heterocycles. The maximum absolute atomic E-state index is 14.1. The number of anilines is 1. The summed E-state index contributed by atoms with van der Waals surface area (Å²) in [6, 6.07) is 20.3. The zero-order valence-electron chi connectivity index (χ0n) is 33.8. The van der Waals surface area contributed by atoms with Crippen molar-refractivity contribution >= 4 is 47.5 Å². The molecule has 3 unspecified atom stereocenters. The summed E-state index contributed by atoms with van der Waals surface area (Å²) in [7, 11) is 1.43. The molecule has 0 radical (unpaired) electrons. The van der Waals surface area contributed by atoms with Crippen LogP contribution < -0.4 is 20.7 Å². The van der Waals surface area contributed by atoms with Gasteiger partial charge in [-0.2, -0.15) is 0 Å². The number of nitrogens with one attached hydrogen (secondary N) is 4. The third-order valence-corrected chi connectivity index (χ3v) is 9.05. The van der Waals surface area contributed by atoms with Crippen molar-refractivity contribution in [2.75, 3.05) is 19.0 Å². The Kier molecular flexibility index (Phi) is 14.9. The standard InChI is InChI=1S/C44H47N5O11/c1-7-28-21-34(39(50)47-31-17-15-29(16-18-31)38(45)49-44(55)60-26(5)58-42(53)30-11-9-8-10-12-30)33(22-36(28)56-6)32-19-20-35(40(51)46-23-27-13-14-27)48-37(32)43(54)59-25(4)57-41(52)24(2)3/h7-12,15-22,24-27,40,46,51H,1,13-14,23H2,2-6H3,(H,47,50)(H2,45,49,55). The number of carbonyl (C=O) groups excluding carboxylic acids is 5. The van der Waals surface area contributed by atoms with Gasteiger partial charge in [0.1, 0.15) is 17.8 Å². The van der Waals surface area contributed by atoms with Gasteiger partial charge in [-0.3, -0.25) is 25.6 Å². The molecule has 0 bridgehead atoms. The molecule has 16 nitrogen and oxygen atoms in total. The Bertz CT molecular complexity index is 2240. The summed E-state index contributed by atoms with van der Waals surface area (Å²) in [6.45, 7) is 10.4. The van der Waals surface area contributed by atoms with Gasteiger partial charge in [-0.05, 0) is 79.4 Å². The van der Waals surface area contributed by atoms with Crippen molar-refractivity contribution < 1.29 is 52.8 Å². The van der Waals surface area contributed by atoms with Gasteiger partial charge in [0.15, 0.2) is 5.69 Å². The van der Waals surface area contributed by atoms with Crippen LogP contribution in [0.15, 0.2) is 85.4 Å². The van der Waals surface area contributed by atoms with Crippen molar-refractivity contribution in [1.29, 1.82) is 5.41 Å². The van der Waals surface area contributed by atoms with Gasteiger partial charge in [0.25, 0.3) is 5.91 Å². The number of rotatable bonds is 17. The lowest BCUT2D eigenvalue weighted by molar-refractivity contribution is -0.169. The lowest BCUT2D eigenvalue weighted by atomic mass is 9.94. The van der Waals surface area contributed by atoms with Gasteiger partial charge in [0.2, 0.25) is 12.6 Å². The molecule has 1 aliphatic rings. The number of methoxy groups -OCH3 is 1. The maximum atomic E-state index is 14.1. The molecule has 5 N–H and O–H groups in total. The zero-order chi connectivity index (χ0) is 43.5. The fourth-order valence-corrected chi connectivity index (χ4v) is 5.67. The van der Waals surface area contributed by atoms with Crippen LogP contribution in [0.3, 0.4) is 0 Å². The number of benzene rings is 3. The van der Waals surface area contributed by atoms with Crippen LogP contribution >= 0.6 is 0 Å². The lowest BCUT2D eigenvalue weighted by Crippen LogP contribution is -2.34. The summed E-state index contributed by atoms with van der Waals surface area (Å²) in [4.78, 5) is 69.4. The van der Waals surface area contributed by atoms with Crippen LogP contribution in [0.2, 0.25) is 0 Å². The number of pyridine rings is 1. The summed E-state index contributed by atoms with van der Waals surface area (Å²) in [5.41, 5.74) is 1.57. The normalized spacial score (nSPS) is 13.5. The number of hydrogen-bond acceptors (Lipinski definition) is 14. The monoisotopic (exact) mass is 821 g/mol. The quantitative estimate of drug-likeness (QED) is 0.0328. The van der Waals surface area contributed by atoms with Crippen LogP contribution in [0.25, 0.3) is 17.2 Å². The third-order valence-electron chi connectivity index (χ3n) is 9.05. The Labute approximate surface area is 346 Å². The molecule has 2 amide bonds. The minimum atomic E-state index is -1.29. The molecule has 3 aromatic carbocycles. The van der Waals surface area contributed by atoms with Crippen LogP contribution in [-0.4, -0.2) is 72.1 Å². The van der Waals surface area contributed by atoms with E-state index in [1.54, 1.807) is 50.2 Å². The van der Waals surface area contributed by atoms with Crippen molar-refractivity contribution in [2.45, 2.75) is 59.3 Å². The number of nitrogens with zero attached hydrogens (tertiary/aromatic N) is 1. The van der Waals surface area contributed by atoms with Crippen LogP contribution in [0, 0.1) is 17.2 Å². The van der Waals surface area contributed by atoms with E-state index in [9.17, 15) is 29.1 Å². The number of amides is 2. The molecule has 1 fully saturated rings. The largest absolute Gasteiger partial charge is 0.496 e. The van der Waals surface area contributed by atoms with Gasteiger partial charge in [0.05, 0.1) is 24.3 Å². The zero-order valence-corrected chi connectivity index (χ0v) is 33.8. The molecule has 4 aromatic rings. The van der Waals surface area contributed by atoms with Crippen molar-refractivity contribution in [3.8, 4) is 16.9 Å². The summed E-state index contributed by atoms with van der Waals surface area (Å²) in [5.74, 6) is -2.92. The van der Waals surface area contributed by atoms with Gasteiger partial charge in [-0.25, -0.2) is 19.4 Å². The van der Waals surface area contributed by atoms with Crippen LogP contribution in [-0.2, 0) is 23.7 Å². The first-order valence-electron chi connectivity index (χ1n) is 19.1. The lowest BCUT2D eigenvalue weighted by Gasteiger charge is -2.20. The average molecular weight is 822 g/mol. The molecule has 5 rings (SSSR count). The highest BCUT2D eigenvalue weighted by Gasteiger charge is 2.28. The Morgan fingerprint density at radius 3 is 2.15 bits per heavy atom. The number of alkyl carbamates (subject to hydrolysis) is 1. The van der Waals surface area contributed by atoms with Gasteiger partial charge in [-0.15, -0.1) is 0 Å². The highest BCUT2D eigenvalue weighted by Crippen LogP contribution is 2.35. The van der Waals surface area contributed by atoms with E-state index in [1.165, 1.54) is 69.5 Å². The second kappa shape index (κ2) is 20.2. The van der Waals surface area contributed by atoms with Gasteiger partial charge < -0.3 is 34.1 Å². The highest BCUT2D eigenvalue weighted by molar-refractivity contribution is 6.11. The van der Waals surface area contributed by atoms with Crippen LogP contribution in [0.4, 0.5) is 10.5 Å². The fourth-order valence-electron chi connectivity index (χ4n) is 5.67. The van der Waals surface area contributed by atoms with E-state index >= 15 is 0 Å². The molecule has 16 heteroatoms. The van der Waals surface area contributed by atoms with E-state index in [-0.39, 0.29) is 45.0 Å². The number of esters is 3. The second-order valence-electron chi connectivity index (χ2n) is 14.1. The summed E-state index contributed by atoms with van der Waals surface area (Å²) >= 11 is 0. The van der Waals surface area contributed by atoms with E-state index in [0.717, 1.165) is 12.8 Å². The van der Waals surface area contributed by atoms with Gasteiger partial charge in [-0.1, -0.05) is 44.7 Å². The Morgan fingerprint density at radius 1 is 0.850 bits per heavy atom. The maximum Gasteiger partial charge on any atom is 0.415 e. The van der Waals surface area contributed by atoms with Crippen LogP contribution in [0.1, 0.15) is 94.8 Å². The van der Waals surface area contributed by atoms with E-state index in [0.29, 0.717) is 29.5 Å². The third kappa shape index (κ3) is 11.8. The summed E-state index contributed by atoms with van der Waals surface area (Å²) < 4.78 is 26.6. The molecule has 1 aromatic heterocycles. The van der Waals surface area contributed by atoms with E-state index in [2.05, 4.69) is 27.5 Å². The van der Waals surface area contributed by atoms with Crippen LogP contribution in [0.5, 0.6) is 5.75 Å². The first-order chi connectivity index (χ1) is 28.7. The molecule has 1 heterocycles. The number of carbonyl (C=O) groups is 5. The van der Waals surface area contributed by atoms with E-state index < -0.39 is 54.6 Å². The number of aliphatic hydroxyl groups excluding tert-OH is 1. The summed E-state index contributed by atoms with van der Waals surface area (Å²) in [5, 5.41) is 27.4. The van der Waals surface area contributed by atoms with Crippen molar-refractivity contribution in [3.05, 3.63) is 119 Å². The minimum Gasteiger partial charge on any atom is -0.496 e. The molecule has 3 atom stereocenters. The predicted molar refractivity (Wildman–Crippen MR) is 220 cm³/mol. The molecular weight excluding hydrogens is 775 g/mol. The second-order valence-corrected chi connectivity index (χ2v) is 14.1. The van der Waals surface area contributed by atoms with Crippen molar-refractivity contribution in [2.24, 2.45) is 11.8 Å².